The van der Waals surface area contributed by atoms with E-state index in [1.165, 1.54) is 0 Å². The van der Waals surface area contributed by atoms with Crippen molar-refractivity contribution in [2.24, 2.45) is 5.41 Å². The zero-order valence-corrected chi connectivity index (χ0v) is 18.9. The lowest BCUT2D eigenvalue weighted by Crippen LogP contribution is -2.62. The molecule has 30 heavy (non-hydrogen) atoms. The summed E-state index contributed by atoms with van der Waals surface area (Å²) in [6.07, 6.45) is 4.75. The molecule has 4 fully saturated rings. The number of amides is 2. The Balaban J connectivity index is 1.30. The Labute approximate surface area is 179 Å². The molecule has 0 N–H and O–H groups in total. The Bertz CT molecular complexity index is 668. The van der Waals surface area contributed by atoms with E-state index in [0.717, 1.165) is 58.3 Å². The molecule has 8 heteroatoms. The SMILES string of the molecule is CCOC(=O)N1CCC2(CC(N3CCC4(CC3)OC(=O)N(CCOC)C4(C)C)C2)C1. The van der Waals surface area contributed by atoms with Crippen molar-refractivity contribution < 1.29 is 23.8 Å². The van der Waals surface area contributed by atoms with Gasteiger partial charge < -0.3 is 24.0 Å². The van der Waals surface area contributed by atoms with Gasteiger partial charge in [-0.1, -0.05) is 0 Å². The summed E-state index contributed by atoms with van der Waals surface area (Å²) in [4.78, 5) is 30.9. The largest absolute Gasteiger partial charge is 0.450 e. The Morgan fingerprint density at radius 3 is 2.50 bits per heavy atom. The van der Waals surface area contributed by atoms with Crippen LogP contribution >= 0.6 is 0 Å². The minimum atomic E-state index is -0.413. The van der Waals surface area contributed by atoms with E-state index in [0.29, 0.717) is 25.8 Å². The quantitative estimate of drug-likeness (QED) is 0.677. The maximum atomic E-state index is 12.5. The number of nitrogens with zero attached hydrogens (tertiary/aromatic N) is 3. The molecule has 0 unspecified atom stereocenters. The first-order chi connectivity index (χ1) is 14.3. The molecule has 4 aliphatic rings. The first-order valence-electron chi connectivity index (χ1n) is 11.4. The molecular formula is C22H37N3O5. The molecule has 0 atom stereocenters. The van der Waals surface area contributed by atoms with Crippen LogP contribution in [0.5, 0.6) is 0 Å². The monoisotopic (exact) mass is 423 g/mol. The molecule has 3 heterocycles. The van der Waals surface area contributed by atoms with Gasteiger partial charge in [0.1, 0.15) is 5.60 Å². The van der Waals surface area contributed by atoms with Crippen LogP contribution in [0.25, 0.3) is 0 Å². The first kappa shape index (κ1) is 21.7. The molecule has 0 aromatic carbocycles. The fourth-order valence-electron chi connectivity index (χ4n) is 6.18. The molecule has 2 amide bonds. The van der Waals surface area contributed by atoms with Crippen LogP contribution in [0.3, 0.4) is 0 Å². The van der Waals surface area contributed by atoms with Gasteiger partial charge in [0.25, 0.3) is 0 Å². The second kappa shape index (κ2) is 7.86. The van der Waals surface area contributed by atoms with E-state index in [4.69, 9.17) is 14.2 Å². The normalized spacial score (nSPS) is 32.5. The molecule has 0 radical (unpaired) electrons. The van der Waals surface area contributed by atoms with E-state index in [-0.39, 0.29) is 23.1 Å². The second-order valence-electron chi connectivity index (χ2n) is 10.0. The summed E-state index contributed by atoms with van der Waals surface area (Å²) in [5.74, 6) is 0. The van der Waals surface area contributed by atoms with E-state index < -0.39 is 5.60 Å². The summed E-state index contributed by atoms with van der Waals surface area (Å²) in [6.45, 7) is 11.2. The van der Waals surface area contributed by atoms with Gasteiger partial charge in [0, 0.05) is 58.7 Å². The zero-order valence-electron chi connectivity index (χ0n) is 18.9. The van der Waals surface area contributed by atoms with E-state index in [1.807, 2.05) is 16.7 Å². The average Bonchev–Trinajstić information content (AvgIpc) is 3.20. The Kier molecular flexibility index (Phi) is 5.68. The number of hydrogen-bond donors (Lipinski definition) is 0. The molecule has 0 aromatic heterocycles. The van der Waals surface area contributed by atoms with Crippen LogP contribution < -0.4 is 0 Å². The van der Waals surface area contributed by atoms with Gasteiger partial charge in [-0.15, -0.1) is 0 Å². The topological polar surface area (TPSA) is 71.6 Å². The molecule has 1 aliphatic carbocycles. The average molecular weight is 424 g/mol. The second-order valence-corrected chi connectivity index (χ2v) is 10.0. The van der Waals surface area contributed by atoms with Crippen molar-refractivity contribution in [2.45, 2.75) is 70.1 Å². The molecule has 4 rings (SSSR count). The third-order valence-corrected chi connectivity index (χ3v) is 8.24. The van der Waals surface area contributed by atoms with Crippen LogP contribution in [0.4, 0.5) is 9.59 Å². The van der Waals surface area contributed by atoms with Gasteiger partial charge >= 0.3 is 12.2 Å². The summed E-state index contributed by atoms with van der Waals surface area (Å²) in [6, 6.07) is 0.578. The van der Waals surface area contributed by atoms with Crippen LogP contribution in [0, 0.1) is 5.41 Å². The summed E-state index contributed by atoms with van der Waals surface area (Å²) >= 11 is 0. The van der Waals surface area contributed by atoms with Crippen molar-refractivity contribution in [3.8, 4) is 0 Å². The van der Waals surface area contributed by atoms with Crippen LogP contribution in [0.1, 0.15) is 52.9 Å². The number of carbonyl (C=O) groups excluding carboxylic acids is 2. The zero-order chi connectivity index (χ0) is 21.6. The molecule has 170 valence electrons. The predicted octanol–water partition coefficient (Wildman–Crippen LogP) is 2.71. The van der Waals surface area contributed by atoms with Gasteiger partial charge in [-0.25, -0.2) is 9.59 Å². The van der Waals surface area contributed by atoms with Crippen LogP contribution in [0.2, 0.25) is 0 Å². The molecule has 2 spiro atoms. The van der Waals surface area contributed by atoms with Crippen molar-refractivity contribution >= 4 is 12.2 Å². The third-order valence-electron chi connectivity index (χ3n) is 8.24. The lowest BCUT2D eigenvalue weighted by molar-refractivity contribution is -0.0809. The molecular weight excluding hydrogens is 386 g/mol. The summed E-state index contributed by atoms with van der Waals surface area (Å²) in [5.41, 5.74) is -0.465. The number of piperidine rings is 1. The highest BCUT2D eigenvalue weighted by Gasteiger charge is 2.61. The van der Waals surface area contributed by atoms with Crippen molar-refractivity contribution in [3.63, 3.8) is 0 Å². The number of hydrogen-bond acceptors (Lipinski definition) is 6. The van der Waals surface area contributed by atoms with Crippen molar-refractivity contribution in [2.75, 3.05) is 53.0 Å². The van der Waals surface area contributed by atoms with E-state index in [9.17, 15) is 9.59 Å². The van der Waals surface area contributed by atoms with Gasteiger partial charge in [0.2, 0.25) is 0 Å². The number of methoxy groups -OCH3 is 1. The predicted molar refractivity (Wildman–Crippen MR) is 111 cm³/mol. The maximum Gasteiger partial charge on any atom is 0.411 e. The van der Waals surface area contributed by atoms with Gasteiger partial charge in [-0.2, -0.15) is 0 Å². The minimum Gasteiger partial charge on any atom is -0.450 e. The third kappa shape index (κ3) is 3.45. The number of carbonyl (C=O) groups is 2. The lowest BCUT2D eigenvalue weighted by atomic mass is 9.63. The maximum absolute atomic E-state index is 12.5. The number of ether oxygens (including phenoxy) is 3. The fraction of sp³-hybridized carbons (Fsp3) is 0.909. The van der Waals surface area contributed by atoms with Gasteiger partial charge in [0.15, 0.2) is 0 Å². The highest BCUT2D eigenvalue weighted by atomic mass is 16.6. The number of rotatable bonds is 5. The Morgan fingerprint density at radius 2 is 1.87 bits per heavy atom. The molecule has 3 aliphatic heterocycles. The van der Waals surface area contributed by atoms with Crippen molar-refractivity contribution in [1.82, 2.24) is 14.7 Å². The van der Waals surface area contributed by atoms with E-state index >= 15 is 0 Å². The molecule has 0 bridgehead atoms. The van der Waals surface area contributed by atoms with Gasteiger partial charge in [0.05, 0.1) is 18.8 Å². The standard InChI is InChI=1S/C22H37N3O5/c1-5-29-18(26)24-9-6-21(16-24)14-17(15-21)23-10-7-22(8-11-23)20(2,3)25(12-13-28-4)19(27)30-22/h17H,5-16H2,1-4H3. The van der Waals surface area contributed by atoms with Crippen molar-refractivity contribution in [1.29, 1.82) is 0 Å². The molecule has 3 saturated heterocycles. The van der Waals surface area contributed by atoms with Crippen LogP contribution in [-0.4, -0.2) is 97.1 Å². The van der Waals surface area contributed by atoms with Crippen LogP contribution in [0.15, 0.2) is 0 Å². The van der Waals surface area contributed by atoms with Gasteiger partial charge in [-0.3, -0.25) is 4.90 Å². The molecule has 8 nitrogen and oxygen atoms in total. The highest BCUT2D eigenvalue weighted by Crippen LogP contribution is 2.52. The fourth-order valence-corrected chi connectivity index (χ4v) is 6.18. The highest BCUT2D eigenvalue weighted by molar-refractivity contribution is 5.72. The van der Waals surface area contributed by atoms with Crippen LogP contribution in [-0.2, 0) is 14.2 Å². The molecule has 0 aromatic rings. The smallest absolute Gasteiger partial charge is 0.411 e. The number of likely N-dealkylation sites (tertiary alicyclic amines) is 2. The van der Waals surface area contributed by atoms with Gasteiger partial charge in [-0.05, 0) is 45.4 Å². The minimum absolute atomic E-state index is 0.166. The summed E-state index contributed by atoms with van der Waals surface area (Å²) < 4.78 is 16.4. The van der Waals surface area contributed by atoms with E-state index in [2.05, 4.69) is 18.7 Å². The first-order valence-corrected chi connectivity index (χ1v) is 11.4. The summed E-state index contributed by atoms with van der Waals surface area (Å²) in [7, 11) is 1.66. The summed E-state index contributed by atoms with van der Waals surface area (Å²) in [5, 5.41) is 0. The Morgan fingerprint density at radius 1 is 1.17 bits per heavy atom. The van der Waals surface area contributed by atoms with Crippen molar-refractivity contribution in [3.05, 3.63) is 0 Å². The molecule has 1 saturated carbocycles. The Hall–Kier alpha value is -1.54. The lowest BCUT2D eigenvalue weighted by Gasteiger charge is -2.54. The van der Waals surface area contributed by atoms with E-state index in [1.54, 1.807) is 7.11 Å².